The van der Waals surface area contributed by atoms with E-state index in [1.807, 2.05) is 0 Å². The quantitative estimate of drug-likeness (QED) is 0.193. The molecule has 0 radical (unpaired) electrons. The topological polar surface area (TPSA) is 162 Å². The molecular formula is C26H45N3O6S. The van der Waals surface area contributed by atoms with Crippen LogP contribution in [0.15, 0.2) is 5.10 Å². The number of fused-ring (bicyclic) bond motifs is 5. The molecule has 6 N–H and O–H groups in total. The zero-order chi connectivity index (χ0) is 26.5. The highest BCUT2D eigenvalue weighted by Gasteiger charge is 2.65. The smallest absolute Gasteiger partial charge is 0.266 e. The maximum Gasteiger partial charge on any atom is 0.266 e. The van der Waals surface area contributed by atoms with Gasteiger partial charge in [0.2, 0.25) is 5.91 Å². The van der Waals surface area contributed by atoms with Crippen molar-refractivity contribution in [2.75, 3.05) is 12.3 Å². The van der Waals surface area contributed by atoms with Crippen LogP contribution in [0.25, 0.3) is 0 Å². The Labute approximate surface area is 215 Å². The van der Waals surface area contributed by atoms with Gasteiger partial charge in [0.15, 0.2) is 0 Å². The summed E-state index contributed by atoms with van der Waals surface area (Å²) < 4.78 is 30.6. The first-order valence-corrected chi connectivity index (χ1v) is 15.3. The van der Waals surface area contributed by atoms with Gasteiger partial charge in [-0.25, -0.2) is 0 Å². The predicted octanol–water partition coefficient (Wildman–Crippen LogP) is 2.32. The molecule has 4 saturated carbocycles. The van der Waals surface area contributed by atoms with Crippen LogP contribution in [0.5, 0.6) is 0 Å². The molecule has 4 rings (SSSR count). The average Bonchev–Trinajstić information content (AvgIpc) is 3.16. The maximum atomic E-state index is 12.3. The van der Waals surface area contributed by atoms with E-state index in [4.69, 9.17) is 10.4 Å². The Bertz CT molecular complexity index is 973. The lowest BCUT2D eigenvalue weighted by atomic mass is 9.43. The van der Waals surface area contributed by atoms with E-state index in [1.54, 1.807) is 0 Å². The number of nitrogens with one attached hydrogen (secondary N) is 1. The van der Waals surface area contributed by atoms with E-state index in [2.05, 4.69) is 31.2 Å². The fraction of sp³-hybridized carbons (Fsp3) is 0.923. The van der Waals surface area contributed by atoms with Crippen LogP contribution in [-0.4, -0.2) is 59.3 Å². The maximum absolute atomic E-state index is 12.3. The Morgan fingerprint density at radius 3 is 2.58 bits per heavy atom. The van der Waals surface area contributed by atoms with Crippen molar-refractivity contribution in [1.82, 2.24) is 5.32 Å². The largest absolute Gasteiger partial charge is 0.393 e. The van der Waals surface area contributed by atoms with Gasteiger partial charge in [-0.1, -0.05) is 20.8 Å². The standard InChI is InChI=1S/C26H45N3O6S/c1-15(4-7-23(32)28-10-11-36(33,34)35)18-5-6-19-24-20(14-22(31)26(18,19)3)25(2)9-8-17(30)12-16(25)13-21(24)29-27/h15-20,22,24,30-31H,4-14,27H2,1-3H3,(H,28,32)(H,33,34,35)/b29-21+/t15-,16+,17-,18-,19+,20+,22+,24+,25+,26-/m1/s1. The molecule has 0 unspecified atom stereocenters. The van der Waals surface area contributed by atoms with Crippen LogP contribution in [0.1, 0.15) is 78.6 Å². The number of aliphatic hydroxyl groups excluding tert-OH is 2. The van der Waals surface area contributed by atoms with E-state index in [1.165, 1.54) is 0 Å². The van der Waals surface area contributed by atoms with Crippen molar-refractivity contribution >= 4 is 21.7 Å². The van der Waals surface area contributed by atoms with Crippen molar-refractivity contribution in [2.45, 2.75) is 90.8 Å². The van der Waals surface area contributed by atoms with Crippen LogP contribution >= 0.6 is 0 Å². The number of rotatable bonds is 7. The van der Waals surface area contributed by atoms with E-state index in [0.29, 0.717) is 18.3 Å². The number of hydrazone groups is 1. The second-order valence-corrected chi connectivity index (χ2v) is 14.2. The lowest BCUT2D eigenvalue weighted by Gasteiger charge is -2.62. The first-order chi connectivity index (χ1) is 16.8. The molecule has 0 aliphatic heterocycles. The van der Waals surface area contributed by atoms with Gasteiger partial charge < -0.3 is 21.4 Å². The number of aliphatic hydroxyl groups is 2. The molecule has 4 fully saturated rings. The minimum Gasteiger partial charge on any atom is -0.393 e. The molecule has 4 aliphatic rings. The van der Waals surface area contributed by atoms with Gasteiger partial charge in [-0.2, -0.15) is 13.5 Å². The summed E-state index contributed by atoms with van der Waals surface area (Å²) in [6.45, 7) is 6.64. The SMILES string of the molecule is C[C@H](CCC(=O)NCCS(=O)(=O)O)[C@H]1CC[C@H]2[C@@H]3/C(=N/N)C[C@@H]4C[C@H](O)CC[C@]4(C)[C@H]3C[C@H](O)[C@]12C. The van der Waals surface area contributed by atoms with Crippen molar-refractivity contribution in [3.05, 3.63) is 0 Å². The average molecular weight is 528 g/mol. The number of amides is 1. The van der Waals surface area contributed by atoms with E-state index >= 15 is 0 Å². The van der Waals surface area contributed by atoms with Crippen molar-refractivity contribution in [3.8, 4) is 0 Å². The summed E-state index contributed by atoms with van der Waals surface area (Å²) >= 11 is 0. The summed E-state index contributed by atoms with van der Waals surface area (Å²) in [5.41, 5.74) is 0.853. The number of hydrogen-bond acceptors (Lipinski definition) is 7. The molecule has 0 heterocycles. The third kappa shape index (κ3) is 4.95. The van der Waals surface area contributed by atoms with Crippen LogP contribution in [0.4, 0.5) is 0 Å². The van der Waals surface area contributed by atoms with Gasteiger partial charge >= 0.3 is 0 Å². The fourth-order valence-corrected chi connectivity index (χ4v) is 9.34. The van der Waals surface area contributed by atoms with Gasteiger partial charge in [0.1, 0.15) is 0 Å². The van der Waals surface area contributed by atoms with Crippen molar-refractivity contribution < 1.29 is 28.0 Å². The van der Waals surface area contributed by atoms with Gasteiger partial charge in [-0.05, 0) is 86.4 Å². The Kier molecular flexibility index (Phi) is 7.84. The molecule has 36 heavy (non-hydrogen) atoms. The van der Waals surface area contributed by atoms with Crippen molar-refractivity contribution in [3.63, 3.8) is 0 Å². The van der Waals surface area contributed by atoms with Crippen LogP contribution in [-0.2, 0) is 14.9 Å². The second kappa shape index (κ2) is 10.2. The third-order valence-corrected chi connectivity index (χ3v) is 11.7. The molecule has 0 aromatic heterocycles. The molecule has 4 aliphatic carbocycles. The minimum absolute atomic E-state index is 0.0736. The van der Waals surface area contributed by atoms with E-state index < -0.39 is 22.0 Å². The zero-order valence-corrected chi connectivity index (χ0v) is 22.7. The number of carbonyl (C=O) groups is 1. The number of nitrogens with two attached hydrogens (primary N) is 1. The summed E-state index contributed by atoms with van der Waals surface area (Å²) in [6, 6.07) is 0. The van der Waals surface area contributed by atoms with Crippen LogP contribution < -0.4 is 11.2 Å². The van der Waals surface area contributed by atoms with Gasteiger partial charge in [-0.15, -0.1) is 0 Å². The molecule has 9 nitrogen and oxygen atoms in total. The number of carbonyl (C=O) groups excluding carboxylic acids is 1. The van der Waals surface area contributed by atoms with Crippen LogP contribution in [0.3, 0.4) is 0 Å². The van der Waals surface area contributed by atoms with Crippen molar-refractivity contribution in [1.29, 1.82) is 0 Å². The minimum atomic E-state index is -4.10. The Hall–Kier alpha value is -1.23. The van der Waals surface area contributed by atoms with E-state index in [0.717, 1.165) is 50.7 Å². The molecule has 0 bridgehead atoms. The molecule has 0 aromatic rings. The molecule has 1 amide bonds. The third-order valence-electron chi connectivity index (χ3n) is 11.0. The summed E-state index contributed by atoms with van der Waals surface area (Å²) in [5.74, 6) is 6.93. The van der Waals surface area contributed by atoms with Crippen LogP contribution in [0.2, 0.25) is 0 Å². The molecule has 206 valence electrons. The predicted molar refractivity (Wildman–Crippen MR) is 137 cm³/mol. The zero-order valence-electron chi connectivity index (χ0n) is 21.9. The van der Waals surface area contributed by atoms with Gasteiger partial charge in [0.25, 0.3) is 10.1 Å². The highest BCUT2D eigenvalue weighted by Crippen LogP contribution is 2.67. The van der Waals surface area contributed by atoms with Gasteiger partial charge in [0, 0.05) is 30.0 Å². The van der Waals surface area contributed by atoms with Crippen molar-refractivity contribution in [2.24, 2.45) is 57.3 Å². The van der Waals surface area contributed by atoms with Gasteiger partial charge in [-0.3, -0.25) is 9.35 Å². The highest BCUT2D eigenvalue weighted by atomic mass is 32.2. The molecular weight excluding hydrogens is 482 g/mol. The Morgan fingerprint density at radius 2 is 1.92 bits per heavy atom. The van der Waals surface area contributed by atoms with E-state index in [-0.39, 0.29) is 59.5 Å². The first-order valence-electron chi connectivity index (χ1n) is 13.7. The van der Waals surface area contributed by atoms with Gasteiger partial charge in [0.05, 0.1) is 18.0 Å². The highest BCUT2D eigenvalue weighted by molar-refractivity contribution is 7.85. The molecule has 0 spiro atoms. The second-order valence-electron chi connectivity index (χ2n) is 12.6. The normalized spacial score (nSPS) is 44.4. The summed E-state index contributed by atoms with van der Waals surface area (Å²) in [6.07, 6.45) is 6.35. The van der Waals surface area contributed by atoms with Crippen LogP contribution in [0, 0.1) is 46.3 Å². The molecule has 10 heteroatoms. The molecule has 0 aromatic carbocycles. The Balaban J connectivity index is 1.47. The van der Waals surface area contributed by atoms with E-state index in [9.17, 15) is 23.4 Å². The summed E-state index contributed by atoms with van der Waals surface area (Å²) in [7, 11) is -4.10. The first kappa shape index (κ1) is 27.8. The summed E-state index contributed by atoms with van der Waals surface area (Å²) in [5, 5.41) is 28.9. The molecule has 10 atom stereocenters. The number of hydrogen-bond donors (Lipinski definition) is 5. The lowest BCUT2D eigenvalue weighted by Crippen LogP contribution is -2.61. The lowest BCUT2D eigenvalue weighted by molar-refractivity contribution is -0.147. The molecule has 0 saturated heterocycles. The fourth-order valence-electron chi connectivity index (χ4n) is 8.98. The monoisotopic (exact) mass is 527 g/mol. The number of nitrogens with zero attached hydrogens (tertiary/aromatic N) is 1. The summed E-state index contributed by atoms with van der Waals surface area (Å²) in [4.78, 5) is 12.3. The Morgan fingerprint density at radius 1 is 1.19 bits per heavy atom.